The number of amides is 1. The molecule has 2 heterocycles. The highest BCUT2D eigenvalue weighted by atomic mass is 32.1. The third kappa shape index (κ3) is 5.06. The Morgan fingerprint density at radius 1 is 0.857 bits per heavy atom. The van der Waals surface area contributed by atoms with Crippen LogP contribution >= 0.6 is 11.3 Å². The van der Waals surface area contributed by atoms with Crippen molar-refractivity contribution in [3.8, 4) is 17.2 Å². The molecule has 1 amide bonds. The number of methoxy groups -OCH3 is 2. The van der Waals surface area contributed by atoms with Crippen molar-refractivity contribution in [1.82, 2.24) is 4.98 Å². The predicted molar refractivity (Wildman–Crippen MR) is 161 cm³/mol. The molecule has 0 saturated carbocycles. The number of rotatable bonds is 8. The molecule has 1 fully saturated rings. The molecule has 0 bridgehead atoms. The average molecular weight is 579 g/mol. The van der Waals surface area contributed by atoms with E-state index in [1.165, 1.54) is 23.3 Å². The monoisotopic (exact) mass is 578 g/mol. The molecule has 0 spiro atoms. The van der Waals surface area contributed by atoms with Gasteiger partial charge in [0.2, 0.25) is 0 Å². The highest BCUT2D eigenvalue weighted by molar-refractivity contribution is 7.22. The van der Waals surface area contributed by atoms with Crippen LogP contribution in [0.5, 0.6) is 17.2 Å². The van der Waals surface area contributed by atoms with E-state index < -0.39 is 17.7 Å². The molecule has 5 aromatic rings. The summed E-state index contributed by atoms with van der Waals surface area (Å²) in [5.74, 6) is -0.0990. The van der Waals surface area contributed by atoms with E-state index in [0.29, 0.717) is 45.6 Å². The molecule has 1 aliphatic rings. The second kappa shape index (κ2) is 11.4. The van der Waals surface area contributed by atoms with E-state index in [9.17, 15) is 14.7 Å². The number of anilines is 1. The zero-order valence-corrected chi connectivity index (χ0v) is 23.6. The number of carbonyl (C=O) groups is 2. The van der Waals surface area contributed by atoms with Crippen LogP contribution in [-0.4, -0.2) is 36.0 Å². The fraction of sp³-hybridized carbons (Fsp3) is 0.121. The van der Waals surface area contributed by atoms with Crippen molar-refractivity contribution in [2.24, 2.45) is 0 Å². The molecule has 6 rings (SSSR count). The number of ether oxygens (including phenoxy) is 3. The van der Waals surface area contributed by atoms with Gasteiger partial charge < -0.3 is 19.3 Å². The number of aliphatic hydroxyl groups is 1. The van der Waals surface area contributed by atoms with Gasteiger partial charge in [0, 0.05) is 5.56 Å². The highest BCUT2D eigenvalue weighted by Gasteiger charge is 2.48. The summed E-state index contributed by atoms with van der Waals surface area (Å²) in [6.45, 7) is 0.393. The minimum absolute atomic E-state index is 0.0388. The van der Waals surface area contributed by atoms with Gasteiger partial charge in [-0.25, -0.2) is 4.98 Å². The maximum atomic E-state index is 13.6. The number of nitrogens with zero attached hydrogens (tertiary/aromatic N) is 2. The van der Waals surface area contributed by atoms with Crippen molar-refractivity contribution >= 4 is 44.1 Å². The van der Waals surface area contributed by atoms with Crippen molar-refractivity contribution in [3.05, 3.63) is 119 Å². The molecule has 1 aliphatic heterocycles. The Hall–Kier alpha value is -5.15. The largest absolute Gasteiger partial charge is 0.507 e. The molecule has 1 saturated heterocycles. The Morgan fingerprint density at radius 2 is 1.57 bits per heavy atom. The molecule has 1 aromatic heterocycles. The van der Waals surface area contributed by atoms with Crippen LogP contribution in [0.25, 0.3) is 16.0 Å². The Labute approximate surface area is 246 Å². The van der Waals surface area contributed by atoms with Gasteiger partial charge in [-0.3, -0.25) is 14.5 Å². The van der Waals surface area contributed by atoms with Gasteiger partial charge in [-0.2, -0.15) is 0 Å². The number of Topliss-reactive ketones (excluding diaryl/α,β-unsaturated/α-hetero) is 1. The Morgan fingerprint density at radius 3 is 2.31 bits per heavy atom. The summed E-state index contributed by atoms with van der Waals surface area (Å²) in [7, 11) is 3.09. The van der Waals surface area contributed by atoms with Gasteiger partial charge in [0.15, 0.2) is 5.13 Å². The van der Waals surface area contributed by atoms with Gasteiger partial charge in [0.1, 0.15) is 29.6 Å². The number of carbonyl (C=O) groups excluding carboxylic acids is 2. The number of ketones is 1. The Kier molecular flexibility index (Phi) is 7.33. The lowest BCUT2D eigenvalue weighted by Crippen LogP contribution is -2.29. The standard InChI is InChI=1S/C33H26N2O6S/c1-39-24-10-6-9-22(17-24)30(36)28-29(21-11-13-23(14-12-21)41-19-20-7-4-3-5-8-20)35(32(38)31(28)37)33-34-26-16-15-25(40-2)18-27(26)42-33/h3-18,29,36H,19H2,1-2H3/b30-28+. The molecule has 42 heavy (non-hydrogen) atoms. The van der Waals surface area contributed by atoms with E-state index in [4.69, 9.17) is 14.2 Å². The molecular formula is C33H26N2O6S. The number of thiazole rings is 1. The summed E-state index contributed by atoms with van der Waals surface area (Å²) in [6.07, 6.45) is 0. The van der Waals surface area contributed by atoms with Crippen molar-refractivity contribution in [3.63, 3.8) is 0 Å². The molecule has 1 N–H and O–H groups in total. The first kappa shape index (κ1) is 27.0. The molecule has 210 valence electrons. The number of aliphatic hydroxyl groups excluding tert-OH is 1. The van der Waals surface area contributed by atoms with Crippen molar-refractivity contribution in [1.29, 1.82) is 0 Å². The smallest absolute Gasteiger partial charge is 0.301 e. The maximum Gasteiger partial charge on any atom is 0.301 e. The van der Waals surface area contributed by atoms with Crippen molar-refractivity contribution in [2.75, 3.05) is 19.1 Å². The number of aromatic nitrogens is 1. The van der Waals surface area contributed by atoms with E-state index >= 15 is 0 Å². The van der Waals surface area contributed by atoms with Crippen molar-refractivity contribution in [2.45, 2.75) is 12.6 Å². The van der Waals surface area contributed by atoms with Gasteiger partial charge in [0.05, 0.1) is 36.1 Å². The minimum atomic E-state index is -0.929. The SMILES string of the molecule is COc1cccc(/C(O)=C2\C(=O)C(=O)N(c3nc4ccc(OC)cc4s3)C2c2ccc(OCc3ccccc3)cc2)c1. The topological polar surface area (TPSA) is 98.2 Å². The maximum absolute atomic E-state index is 13.6. The van der Waals surface area contributed by atoms with Crippen LogP contribution in [0.3, 0.4) is 0 Å². The second-order valence-electron chi connectivity index (χ2n) is 9.57. The summed E-state index contributed by atoms with van der Waals surface area (Å²) in [5.41, 5.74) is 2.62. The lowest BCUT2D eigenvalue weighted by Gasteiger charge is -2.23. The molecule has 0 aliphatic carbocycles. The third-order valence-corrected chi connectivity index (χ3v) is 8.04. The molecular weight excluding hydrogens is 552 g/mol. The zero-order chi connectivity index (χ0) is 29.2. The number of hydrogen-bond acceptors (Lipinski definition) is 8. The fourth-order valence-electron chi connectivity index (χ4n) is 4.88. The first-order chi connectivity index (χ1) is 20.5. The first-order valence-corrected chi connectivity index (χ1v) is 13.9. The fourth-order valence-corrected chi connectivity index (χ4v) is 5.90. The van der Waals surface area contributed by atoms with Gasteiger partial charge in [-0.1, -0.05) is 65.9 Å². The molecule has 8 nitrogen and oxygen atoms in total. The average Bonchev–Trinajstić information content (AvgIpc) is 3.57. The van der Waals surface area contributed by atoms with E-state index in [-0.39, 0.29) is 11.3 Å². The van der Waals surface area contributed by atoms with E-state index in [0.717, 1.165) is 10.3 Å². The number of hydrogen-bond donors (Lipinski definition) is 1. The Bertz CT molecular complexity index is 1810. The van der Waals surface area contributed by atoms with E-state index in [1.54, 1.807) is 67.8 Å². The predicted octanol–water partition coefficient (Wildman–Crippen LogP) is 6.52. The normalized spacial score (nSPS) is 16.1. The van der Waals surface area contributed by atoms with Gasteiger partial charge in [-0.15, -0.1) is 0 Å². The molecule has 1 unspecified atom stereocenters. The number of fused-ring (bicyclic) bond motifs is 1. The highest BCUT2D eigenvalue weighted by Crippen LogP contribution is 2.45. The summed E-state index contributed by atoms with van der Waals surface area (Å²) >= 11 is 1.27. The van der Waals surface area contributed by atoms with Crippen LogP contribution in [0.15, 0.2) is 103 Å². The van der Waals surface area contributed by atoms with Crippen molar-refractivity contribution < 1.29 is 28.9 Å². The summed E-state index contributed by atoms with van der Waals surface area (Å²) in [6, 6.07) is 28.2. The first-order valence-electron chi connectivity index (χ1n) is 13.1. The Balaban J connectivity index is 1.44. The molecule has 4 aromatic carbocycles. The molecule has 1 atom stereocenters. The zero-order valence-electron chi connectivity index (χ0n) is 22.8. The summed E-state index contributed by atoms with van der Waals surface area (Å²) < 4.78 is 17.4. The van der Waals surface area contributed by atoms with Crippen LogP contribution in [0.1, 0.15) is 22.7 Å². The quantitative estimate of drug-likeness (QED) is 0.127. The molecule has 0 radical (unpaired) electrons. The third-order valence-electron chi connectivity index (χ3n) is 7.02. The van der Waals surface area contributed by atoms with Crippen LogP contribution < -0.4 is 19.1 Å². The van der Waals surface area contributed by atoms with Crippen LogP contribution in [0.2, 0.25) is 0 Å². The van der Waals surface area contributed by atoms with Gasteiger partial charge >= 0.3 is 5.91 Å². The summed E-state index contributed by atoms with van der Waals surface area (Å²) in [4.78, 5) is 33.2. The molecule has 9 heteroatoms. The van der Waals surface area contributed by atoms with E-state index in [1.807, 2.05) is 36.4 Å². The minimum Gasteiger partial charge on any atom is -0.507 e. The van der Waals surface area contributed by atoms with Crippen LogP contribution in [0.4, 0.5) is 5.13 Å². The number of benzene rings is 4. The van der Waals surface area contributed by atoms with E-state index in [2.05, 4.69) is 4.98 Å². The van der Waals surface area contributed by atoms with Gasteiger partial charge in [-0.05, 0) is 53.6 Å². The summed E-state index contributed by atoms with van der Waals surface area (Å²) in [5, 5.41) is 11.8. The van der Waals surface area contributed by atoms with Crippen LogP contribution in [-0.2, 0) is 16.2 Å². The van der Waals surface area contributed by atoms with Crippen LogP contribution in [0, 0.1) is 0 Å². The lowest BCUT2D eigenvalue weighted by atomic mass is 9.95. The lowest BCUT2D eigenvalue weighted by molar-refractivity contribution is -0.132. The second-order valence-corrected chi connectivity index (χ2v) is 10.6. The van der Waals surface area contributed by atoms with Gasteiger partial charge in [0.25, 0.3) is 5.78 Å².